The molecule has 2 aromatic rings. The molecule has 1 aromatic heterocycles. The van der Waals surface area contributed by atoms with Crippen LogP contribution in [0.5, 0.6) is 0 Å². The molecule has 0 bridgehead atoms. The van der Waals surface area contributed by atoms with E-state index < -0.39 is 5.25 Å². The van der Waals surface area contributed by atoms with Crippen LogP contribution < -0.4 is 10.9 Å². The Balaban J connectivity index is 1.99. The van der Waals surface area contributed by atoms with Gasteiger partial charge in [0.1, 0.15) is 0 Å². The van der Waals surface area contributed by atoms with E-state index in [-0.39, 0.29) is 23.4 Å². The standard InChI is InChI=1S/C18H21ClN4O3S/c1-10(2)9-23-16(25)13-8-12(19)4-5-14(13)21-18(23)27-11(3)15(24)22-7-6-20-17(22)26/h4-5,8,10-11H,6-7,9H2,1-3H3,(H,20,26)/t11-/m0/s1. The summed E-state index contributed by atoms with van der Waals surface area (Å²) in [4.78, 5) is 43.1. The van der Waals surface area contributed by atoms with E-state index in [1.807, 2.05) is 13.8 Å². The van der Waals surface area contributed by atoms with Crippen LogP contribution in [-0.2, 0) is 11.3 Å². The van der Waals surface area contributed by atoms with Gasteiger partial charge in [-0.1, -0.05) is 37.2 Å². The molecule has 1 aliphatic heterocycles. The van der Waals surface area contributed by atoms with Crippen molar-refractivity contribution in [3.63, 3.8) is 0 Å². The summed E-state index contributed by atoms with van der Waals surface area (Å²) in [5.41, 5.74) is 0.350. The number of carbonyl (C=O) groups is 2. The highest BCUT2D eigenvalue weighted by atomic mass is 35.5. The molecule has 0 unspecified atom stereocenters. The average molecular weight is 409 g/mol. The number of hydrogen-bond acceptors (Lipinski definition) is 5. The molecule has 1 aliphatic rings. The van der Waals surface area contributed by atoms with Gasteiger partial charge in [-0.3, -0.25) is 19.1 Å². The van der Waals surface area contributed by atoms with Crippen LogP contribution in [0.15, 0.2) is 28.2 Å². The van der Waals surface area contributed by atoms with Gasteiger partial charge in [-0.25, -0.2) is 9.78 Å². The molecular weight excluding hydrogens is 388 g/mol. The molecule has 3 rings (SSSR count). The van der Waals surface area contributed by atoms with Crippen LogP contribution in [0.4, 0.5) is 4.79 Å². The normalized spacial score (nSPS) is 15.4. The monoisotopic (exact) mass is 408 g/mol. The van der Waals surface area contributed by atoms with E-state index in [2.05, 4.69) is 10.3 Å². The molecule has 0 aliphatic carbocycles. The van der Waals surface area contributed by atoms with Crippen molar-refractivity contribution < 1.29 is 9.59 Å². The summed E-state index contributed by atoms with van der Waals surface area (Å²) >= 11 is 7.22. The van der Waals surface area contributed by atoms with Crippen molar-refractivity contribution in [3.05, 3.63) is 33.6 Å². The van der Waals surface area contributed by atoms with Crippen molar-refractivity contribution in [2.45, 2.75) is 37.7 Å². The SMILES string of the molecule is CC(C)Cn1c(S[C@@H](C)C(=O)N2CCNC2=O)nc2ccc(Cl)cc2c1=O. The lowest BCUT2D eigenvalue weighted by Crippen LogP contribution is -2.39. The van der Waals surface area contributed by atoms with Gasteiger partial charge in [-0.05, 0) is 31.0 Å². The number of hydrogen-bond donors (Lipinski definition) is 1. The third-order valence-corrected chi connectivity index (χ3v) is 5.49. The fourth-order valence-corrected chi connectivity index (χ4v) is 4.05. The van der Waals surface area contributed by atoms with Gasteiger partial charge in [0.25, 0.3) is 5.56 Å². The van der Waals surface area contributed by atoms with E-state index in [9.17, 15) is 14.4 Å². The molecule has 27 heavy (non-hydrogen) atoms. The highest BCUT2D eigenvalue weighted by molar-refractivity contribution is 8.00. The number of halogens is 1. The van der Waals surface area contributed by atoms with E-state index in [4.69, 9.17) is 11.6 Å². The van der Waals surface area contributed by atoms with Gasteiger partial charge in [-0.15, -0.1) is 0 Å². The Bertz CT molecular complexity index is 960. The molecule has 1 aromatic carbocycles. The molecule has 9 heteroatoms. The largest absolute Gasteiger partial charge is 0.336 e. The zero-order valence-electron chi connectivity index (χ0n) is 15.4. The minimum absolute atomic E-state index is 0.183. The van der Waals surface area contributed by atoms with E-state index in [1.54, 1.807) is 29.7 Å². The van der Waals surface area contributed by atoms with Crippen LogP contribution >= 0.6 is 23.4 Å². The minimum atomic E-state index is -0.552. The summed E-state index contributed by atoms with van der Waals surface area (Å²) < 4.78 is 1.59. The second-order valence-corrected chi connectivity index (χ2v) is 8.59. The van der Waals surface area contributed by atoms with Gasteiger partial charge < -0.3 is 5.32 Å². The number of urea groups is 1. The molecule has 0 spiro atoms. The van der Waals surface area contributed by atoms with Crippen molar-refractivity contribution in [3.8, 4) is 0 Å². The van der Waals surface area contributed by atoms with Crippen molar-refractivity contribution in [2.75, 3.05) is 13.1 Å². The Morgan fingerprint density at radius 2 is 2.07 bits per heavy atom. The molecule has 0 radical (unpaired) electrons. The first kappa shape index (κ1) is 19.7. The summed E-state index contributed by atoms with van der Waals surface area (Å²) in [5, 5.41) is 3.45. The molecular formula is C18H21ClN4O3S. The molecule has 1 fully saturated rings. The smallest absolute Gasteiger partial charge is 0.324 e. The number of thioether (sulfide) groups is 1. The number of amides is 3. The highest BCUT2D eigenvalue weighted by Crippen LogP contribution is 2.25. The van der Waals surface area contributed by atoms with Crippen LogP contribution in [0.1, 0.15) is 20.8 Å². The van der Waals surface area contributed by atoms with Gasteiger partial charge in [0, 0.05) is 24.7 Å². The van der Waals surface area contributed by atoms with E-state index in [1.165, 1.54) is 16.7 Å². The first-order valence-electron chi connectivity index (χ1n) is 8.74. The fraction of sp³-hybridized carbons (Fsp3) is 0.444. The molecule has 1 N–H and O–H groups in total. The Kier molecular flexibility index (Phi) is 5.76. The summed E-state index contributed by atoms with van der Waals surface area (Å²) in [6, 6.07) is 4.61. The maximum Gasteiger partial charge on any atom is 0.324 e. The van der Waals surface area contributed by atoms with E-state index in [0.717, 1.165) is 0 Å². The minimum Gasteiger partial charge on any atom is -0.336 e. The molecule has 2 heterocycles. The van der Waals surface area contributed by atoms with Crippen LogP contribution in [0.25, 0.3) is 10.9 Å². The van der Waals surface area contributed by atoms with Crippen molar-refractivity contribution in [1.82, 2.24) is 19.8 Å². The van der Waals surface area contributed by atoms with Crippen LogP contribution in [0.2, 0.25) is 5.02 Å². The first-order chi connectivity index (χ1) is 12.8. The zero-order chi connectivity index (χ0) is 19.7. The third-order valence-electron chi connectivity index (χ3n) is 4.18. The number of fused-ring (bicyclic) bond motifs is 1. The predicted octanol–water partition coefficient (Wildman–Crippen LogP) is 2.74. The van der Waals surface area contributed by atoms with Crippen LogP contribution in [-0.4, -0.2) is 44.7 Å². The number of carbonyl (C=O) groups excluding carboxylic acids is 2. The second kappa shape index (κ2) is 7.90. The highest BCUT2D eigenvalue weighted by Gasteiger charge is 2.31. The molecule has 7 nitrogen and oxygen atoms in total. The molecule has 0 saturated carbocycles. The average Bonchev–Trinajstić information content (AvgIpc) is 3.04. The summed E-state index contributed by atoms with van der Waals surface area (Å²) in [5.74, 6) is -0.0765. The number of benzene rings is 1. The van der Waals surface area contributed by atoms with Gasteiger partial charge in [-0.2, -0.15) is 0 Å². The lowest BCUT2D eigenvalue weighted by atomic mass is 10.2. The fourth-order valence-electron chi connectivity index (χ4n) is 2.90. The Morgan fingerprint density at radius 3 is 2.70 bits per heavy atom. The Hall–Kier alpha value is -2.06. The van der Waals surface area contributed by atoms with Gasteiger partial charge in [0.15, 0.2) is 5.16 Å². The topological polar surface area (TPSA) is 84.3 Å². The van der Waals surface area contributed by atoms with Gasteiger partial charge in [0.05, 0.1) is 16.2 Å². The summed E-state index contributed by atoms with van der Waals surface area (Å²) in [7, 11) is 0. The van der Waals surface area contributed by atoms with Crippen molar-refractivity contribution in [2.24, 2.45) is 5.92 Å². The Morgan fingerprint density at radius 1 is 1.33 bits per heavy atom. The zero-order valence-corrected chi connectivity index (χ0v) is 16.9. The maximum atomic E-state index is 13.0. The van der Waals surface area contributed by atoms with E-state index >= 15 is 0 Å². The maximum absolute atomic E-state index is 13.0. The van der Waals surface area contributed by atoms with E-state index in [0.29, 0.717) is 40.7 Å². The van der Waals surface area contributed by atoms with Crippen LogP contribution in [0, 0.1) is 5.92 Å². The summed E-state index contributed by atoms with van der Waals surface area (Å²) in [6.45, 7) is 7.01. The lowest BCUT2D eigenvalue weighted by Gasteiger charge is -2.20. The Labute approximate surface area is 166 Å². The van der Waals surface area contributed by atoms with Crippen molar-refractivity contribution in [1.29, 1.82) is 0 Å². The van der Waals surface area contributed by atoms with Crippen LogP contribution in [0.3, 0.4) is 0 Å². The number of rotatable bonds is 5. The first-order valence-corrected chi connectivity index (χ1v) is 9.99. The van der Waals surface area contributed by atoms with Gasteiger partial charge >= 0.3 is 6.03 Å². The molecule has 1 saturated heterocycles. The number of nitrogens with one attached hydrogen (secondary N) is 1. The lowest BCUT2D eigenvalue weighted by molar-refractivity contribution is -0.126. The van der Waals surface area contributed by atoms with Gasteiger partial charge in [0.2, 0.25) is 5.91 Å². The third kappa shape index (κ3) is 4.11. The molecule has 1 atom stereocenters. The molecule has 3 amide bonds. The quantitative estimate of drug-likeness (QED) is 0.607. The predicted molar refractivity (Wildman–Crippen MR) is 106 cm³/mol. The number of imide groups is 1. The molecule has 144 valence electrons. The number of nitrogens with zero attached hydrogens (tertiary/aromatic N) is 3. The second-order valence-electron chi connectivity index (χ2n) is 6.85. The van der Waals surface area contributed by atoms with Crippen molar-refractivity contribution >= 4 is 46.2 Å². The number of aromatic nitrogens is 2. The summed E-state index contributed by atoms with van der Waals surface area (Å²) in [6.07, 6.45) is 0.